The van der Waals surface area contributed by atoms with Crippen molar-refractivity contribution in [3.8, 4) is 0 Å². The van der Waals surface area contributed by atoms with Crippen LogP contribution in [0.4, 0.5) is 0 Å². The van der Waals surface area contributed by atoms with Gasteiger partial charge in [0.05, 0.1) is 6.61 Å². The van der Waals surface area contributed by atoms with Crippen molar-refractivity contribution >= 4 is 23.9 Å². The molecule has 0 aromatic heterocycles. The average Bonchev–Trinajstić information content (AvgIpc) is 3.47. The second-order valence-electron chi connectivity index (χ2n) is 20.2. The Hall–Kier alpha value is -4.88. The van der Waals surface area contributed by atoms with Gasteiger partial charge in [0.2, 0.25) is 0 Å². The molecular weight excluding hydrogens is 997 g/mol. The molecule has 12 heteroatoms. The Labute approximate surface area is 478 Å². The quantitative estimate of drug-likeness (QED) is 0.0228. The number of rotatable bonds is 50. The van der Waals surface area contributed by atoms with E-state index in [1.807, 2.05) is 0 Å². The molecule has 79 heavy (non-hydrogen) atoms. The third-order valence-corrected chi connectivity index (χ3v) is 13.0. The first kappa shape index (κ1) is 72.1. The van der Waals surface area contributed by atoms with Crippen molar-refractivity contribution in [2.75, 3.05) is 13.2 Å². The smallest absolute Gasteiger partial charge is 0.335 e. The predicted molar refractivity (Wildman–Crippen MR) is 321 cm³/mol. The SMILES string of the molecule is CC/C=C\C/C=C\C/C=C\C/C=C\CCCCCCC(=O)OCC(COC1OC(C(=O)O)C(O)C(O)C1OC(=O)CCCCCCCCC/C=C\C/C=C\CCCCC)OC(=O)CCCC/C=C\C/C=C\C/C=C\C/C=C\CC. The number of carbonyl (C=O) groups is 4. The lowest BCUT2D eigenvalue weighted by molar-refractivity contribution is -0.301. The zero-order chi connectivity index (χ0) is 57.5. The normalized spacial score (nSPS) is 18.7. The van der Waals surface area contributed by atoms with Gasteiger partial charge in [-0.05, 0) is 128 Å². The fourth-order valence-electron chi connectivity index (χ4n) is 8.38. The molecular formula is C67H106O12. The van der Waals surface area contributed by atoms with E-state index in [1.165, 1.54) is 19.3 Å². The van der Waals surface area contributed by atoms with E-state index in [2.05, 4.69) is 142 Å². The summed E-state index contributed by atoms with van der Waals surface area (Å²) in [5.41, 5.74) is 0. The Morgan fingerprint density at radius 3 is 1.24 bits per heavy atom. The summed E-state index contributed by atoms with van der Waals surface area (Å²) < 4.78 is 28.4. The number of unbranched alkanes of at least 4 members (excludes halogenated alkanes) is 16. The first-order chi connectivity index (χ1) is 38.6. The van der Waals surface area contributed by atoms with Gasteiger partial charge in [0, 0.05) is 19.3 Å². The second kappa shape index (κ2) is 53.7. The lowest BCUT2D eigenvalue weighted by atomic mass is 9.98. The highest BCUT2D eigenvalue weighted by Crippen LogP contribution is 2.26. The molecule has 0 saturated carbocycles. The number of esters is 3. The number of ether oxygens (including phenoxy) is 5. The molecule has 0 amide bonds. The predicted octanol–water partition coefficient (Wildman–Crippen LogP) is 16.0. The third kappa shape index (κ3) is 43.6. The van der Waals surface area contributed by atoms with Crippen LogP contribution < -0.4 is 0 Å². The topological polar surface area (TPSA) is 175 Å². The summed E-state index contributed by atoms with van der Waals surface area (Å²) in [5.74, 6) is -3.23. The highest BCUT2D eigenvalue weighted by molar-refractivity contribution is 5.74. The Morgan fingerprint density at radius 1 is 0.430 bits per heavy atom. The molecule has 12 nitrogen and oxygen atoms in total. The van der Waals surface area contributed by atoms with Gasteiger partial charge in [-0.2, -0.15) is 0 Å². The van der Waals surface area contributed by atoms with Crippen LogP contribution in [-0.2, 0) is 42.9 Å². The van der Waals surface area contributed by atoms with Crippen LogP contribution in [0.5, 0.6) is 0 Å². The molecule has 6 unspecified atom stereocenters. The highest BCUT2D eigenvalue weighted by atomic mass is 16.7. The number of aliphatic hydroxyl groups is 2. The molecule has 1 aliphatic heterocycles. The van der Waals surface area contributed by atoms with E-state index >= 15 is 0 Å². The minimum Gasteiger partial charge on any atom is -0.479 e. The van der Waals surface area contributed by atoms with Crippen molar-refractivity contribution in [1.82, 2.24) is 0 Å². The summed E-state index contributed by atoms with van der Waals surface area (Å²) in [4.78, 5) is 51.2. The molecule has 0 aromatic rings. The van der Waals surface area contributed by atoms with Crippen LogP contribution in [0, 0.1) is 0 Å². The van der Waals surface area contributed by atoms with Crippen LogP contribution in [0.2, 0.25) is 0 Å². The Morgan fingerprint density at radius 2 is 0.797 bits per heavy atom. The first-order valence-corrected chi connectivity index (χ1v) is 30.5. The van der Waals surface area contributed by atoms with E-state index in [-0.39, 0.29) is 25.9 Å². The number of hydrogen-bond acceptors (Lipinski definition) is 11. The zero-order valence-electron chi connectivity index (χ0n) is 49.1. The lowest BCUT2D eigenvalue weighted by Crippen LogP contribution is -2.61. The molecule has 3 N–H and O–H groups in total. The second-order valence-corrected chi connectivity index (χ2v) is 20.2. The molecule has 1 saturated heterocycles. The number of carbonyl (C=O) groups excluding carboxylic acids is 3. The summed E-state index contributed by atoms with van der Waals surface area (Å²) in [7, 11) is 0. The lowest BCUT2D eigenvalue weighted by Gasteiger charge is -2.40. The Bertz CT molecular complexity index is 1840. The van der Waals surface area contributed by atoms with Gasteiger partial charge in [-0.1, -0.05) is 200 Å². The number of carboxylic acids is 1. The van der Waals surface area contributed by atoms with Gasteiger partial charge >= 0.3 is 23.9 Å². The summed E-state index contributed by atoms with van der Waals surface area (Å²) >= 11 is 0. The number of carboxylic acid groups (broad SMARTS) is 1. The van der Waals surface area contributed by atoms with Crippen molar-refractivity contribution in [2.24, 2.45) is 0 Å². The molecule has 446 valence electrons. The van der Waals surface area contributed by atoms with Gasteiger partial charge in [0.25, 0.3) is 0 Å². The van der Waals surface area contributed by atoms with Gasteiger partial charge in [0.1, 0.15) is 18.8 Å². The van der Waals surface area contributed by atoms with Crippen LogP contribution in [0.3, 0.4) is 0 Å². The van der Waals surface area contributed by atoms with E-state index in [1.54, 1.807) is 0 Å². The molecule has 1 fully saturated rings. The monoisotopic (exact) mass is 1100 g/mol. The summed E-state index contributed by atoms with van der Waals surface area (Å²) in [5, 5.41) is 31.5. The van der Waals surface area contributed by atoms with Gasteiger partial charge in [-0.25, -0.2) is 4.79 Å². The van der Waals surface area contributed by atoms with Crippen molar-refractivity contribution < 1.29 is 58.2 Å². The maximum atomic E-state index is 13.1. The summed E-state index contributed by atoms with van der Waals surface area (Å²) in [6, 6.07) is 0. The van der Waals surface area contributed by atoms with Gasteiger partial charge in [0.15, 0.2) is 24.6 Å². The molecule has 0 radical (unpaired) electrons. The van der Waals surface area contributed by atoms with E-state index in [0.717, 1.165) is 148 Å². The van der Waals surface area contributed by atoms with E-state index in [4.69, 9.17) is 23.7 Å². The zero-order valence-corrected chi connectivity index (χ0v) is 49.1. The first-order valence-electron chi connectivity index (χ1n) is 30.5. The summed E-state index contributed by atoms with van der Waals surface area (Å²) in [6.45, 7) is 5.68. The molecule has 0 bridgehead atoms. The Kier molecular flexibility index (Phi) is 49.1. The minimum atomic E-state index is -1.92. The van der Waals surface area contributed by atoms with Crippen LogP contribution in [0.15, 0.2) is 122 Å². The van der Waals surface area contributed by atoms with Crippen LogP contribution in [0.1, 0.15) is 226 Å². The van der Waals surface area contributed by atoms with Crippen molar-refractivity contribution in [2.45, 2.75) is 263 Å². The Balaban J connectivity index is 2.73. The maximum Gasteiger partial charge on any atom is 0.335 e. The molecule has 1 heterocycles. The summed E-state index contributed by atoms with van der Waals surface area (Å²) in [6.07, 6.45) is 61.6. The van der Waals surface area contributed by atoms with Gasteiger partial charge in [-0.15, -0.1) is 0 Å². The highest BCUT2D eigenvalue weighted by Gasteiger charge is 2.50. The molecule has 0 aromatic carbocycles. The number of aliphatic carboxylic acids is 1. The minimum absolute atomic E-state index is 0.0377. The number of aliphatic hydroxyl groups excluding tert-OH is 2. The average molecular weight is 1100 g/mol. The maximum absolute atomic E-state index is 13.1. The van der Waals surface area contributed by atoms with Gasteiger partial charge in [-0.3, -0.25) is 14.4 Å². The van der Waals surface area contributed by atoms with E-state index < -0.39 is 67.3 Å². The van der Waals surface area contributed by atoms with Crippen LogP contribution >= 0.6 is 0 Å². The number of hydrogen-bond donors (Lipinski definition) is 3. The fourth-order valence-corrected chi connectivity index (χ4v) is 8.38. The standard InChI is InChI=1S/C67H106O12/c1-4-7-10-13-16-19-22-25-28-30-33-35-38-41-44-47-50-53-59(68)75-56-58(77-60(69)54-51-48-45-42-39-36-32-27-24-21-18-15-12-9-6-3)57-76-67-65(63(72)62(71)64(79-67)66(73)74)78-61(70)55-52-49-46-43-40-37-34-31-29-26-23-20-17-14-11-8-5-2/h7,9-10,12,16-21,25-29,32-33,35,39,42,58,62-65,67,71-72H,4-6,8,11,13-15,22-24,30-31,34,36-38,40-41,43-57H2,1-3H3,(H,73,74)/b10-7-,12-9-,19-16-,20-17-,21-18-,28-25-,29-26-,32-27-,35-33-,42-39-. The molecule has 1 rings (SSSR count). The molecule has 6 atom stereocenters. The van der Waals surface area contributed by atoms with Crippen molar-refractivity contribution in [3.05, 3.63) is 122 Å². The largest absolute Gasteiger partial charge is 0.479 e. The van der Waals surface area contributed by atoms with Crippen LogP contribution in [0.25, 0.3) is 0 Å². The molecule has 0 spiro atoms. The fraction of sp³-hybridized carbons (Fsp3) is 0.642. The van der Waals surface area contributed by atoms with Crippen molar-refractivity contribution in [3.63, 3.8) is 0 Å². The van der Waals surface area contributed by atoms with E-state index in [0.29, 0.717) is 19.3 Å². The van der Waals surface area contributed by atoms with Crippen LogP contribution in [-0.4, -0.2) is 89.2 Å². The molecule has 0 aliphatic carbocycles. The number of allylic oxidation sites excluding steroid dienone is 20. The van der Waals surface area contributed by atoms with E-state index in [9.17, 15) is 34.5 Å². The van der Waals surface area contributed by atoms with Crippen molar-refractivity contribution in [1.29, 1.82) is 0 Å². The third-order valence-electron chi connectivity index (χ3n) is 13.0. The van der Waals surface area contributed by atoms with Gasteiger partial charge < -0.3 is 39.0 Å². The molecule has 1 aliphatic rings.